The van der Waals surface area contributed by atoms with Crippen molar-refractivity contribution in [2.45, 2.75) is 6.92 Å². The third-order valence-corrected chi connectivity index (χ3v) is 4.61. The van der Waals surface area contributed by atoms with Crippen molar-refractivity contribution < 1.29 is 28.9 Å². The first kappa shape index (κ1) is 19.3. The van der Waals surface area contributed by atoms with Crippen molar-refractivity contribution in [2.75, 3.05) is 21.3 Å². The van der Waals surface area contributed by atoms with Gasteiger partial charge >= 0.3 is 5.97 Å². The number of amides is 1. The Balaban J connectivity index is 2.22. The maximum absolute atomic E-state index is 12.4. The van der Waals surface area contributed by atoms with Gasteiger partial charge in [-0.25, -0.2) is 10.2 Å². The Bertz CT molecular complexity index is 834. The predicted octanol–water partition coefficient (Wildman–Crippen LogP) is 2.63. The zero-order chi connectivity index (χ0) is 19.3. The molecule has 1 heterocycles. The predicted molar refractivity (Wildman–Crippen MR) is 97.1 cm³/mol. The molecule has 1 aromatic heterocycles. The highest BCUT2D eigenvalue weighted by Crippen LogP contribution is 2.38. The van der Waals surface area contributed by atoms with Crippen molar-refractivity contribution in [1.29, 1.82) is 0 Å². The van der Waals surface area contributed by atoms with Crippen molar-refractivity contribution in [3.8, 4) is 17.2 Å². The summed E-state index contributed by atoms with van der Waals surface area (Å²) in [4.78, 5) is 24.1. The number of hydrogen-bond acceptors (Lipinski definition) is 7. The maximum Gasteiger partial charge on any atom is 0.345 e. The Morgan fingerprint density at radius 1 is 1.04 bits per heavy atom. The first-order valence-corrected chi connectivity index (χ1v) is 8.21. The molecule has 0 aliphatic heterocycles. The van der Waals surface area contributed by atoms with Crippen LogP contribution in [0.15, 0.2) is 29.4 Å². The molecule has 2 aromatic rings. The van der Waals surface area contributed by atoms with E-state index in [-0.39, 0.29) is 10.4 Å². The minimum absolute atomic E-state index is 0.200. The summed E-state index contributed by atoms with van der Waals surface area (Å²) in [5.41, 5.74) is 3.19. The molecule has 26 heavy (non-hydrogen) atoms. The molecule has 2 N–H and O–H groups in total. The molecule has 0 aliphatic carbocycles. The quantitative estimate of drug-likeness (QED) is 0.567. The molecule has 9 heteroatoms. The van der Waals surface area contributed by atoms with E-state index in [0.717, 1.165) is 11.3 Å². The highest BCUT2D eigenvalue weighted by Gasteiger charge is 2.17. The van der Waals surface area contributed by atoms with E-state index in [4.69, 9.17) is 19.3 Å². The van der Waals surface area contributed by atoms with Crippen molar-refractivity contribution in [3.05, 3.63) is 39.6 Å². The van der Waals surface area contributed by atoms with Gasteiger partial charge in [-0.05, 0) is 31.2 Å². The van der Waals surface area contributed by atoms with Gasteiger partial charge in [0.25, 0.3) is 5.91 Å². The standard InChI is InChI=1S/C17H18N2O6S/c1-9(13-5-6-14(26-13)17(21)22)18-19-16(20)10-7-11(23-2)15(25-4)12(8-10)24-3/h5-8H,1-4H3,(H,19,20)(H,21,22)/b18-9-. The molecule has 0 saturated heterocycles. The van der Waals surface area contributed by atoms with E-state index in [1.807, 2.05) is 0 Å². The summed E-state index contributed by atoms with van der Waals surface area (Å²) >= 11 is 1.08. The lowest BCUT2D eigenvalue weighted by Gasteiger charge is -2.13. The second-order valence-corrected chi connectivity index (χ2v) is 6.10. The van der Waals surface area contributed by atoms with Crippen LogP contribution in [0, 0.1) is 0 Å². The number of nitrogens with one attached hydrogen (secondary N) is 1. The number of ether oxygens (including phenoxy) is 3. The lowest BCUT2D eigenvalue weighted by atomic mass is 10.1. The summed E-state index contributed by atoms with van der Waals surface area (Å²) in [5, 5.41) is 13.0. The van der Waals surface area contributed by atoms with E-state index in [1.54, 1.807) is 13.0 Å². The number of carbonyl (C=O) groups excluding carboxylic acids is 1. The van der Waals surface area contributed by atoms with Gasteiger partial charge in [0.1, 0.15) is 4.88 Å². The van der Waals surface area contributed by atoms with Gasteiger partial charge in [0, 0.05) is 5.56 Å². The molecule has 2 rings (SSSR count). The number of carbonyl (C=O) groups is 2. The highest BCUT2D eigenvalue weighted by molar-refractivity contribution is 7.15. The van der Waals surface area contributed by atoms with Crippen LogP contribution < -0.4 is 19.6 Å². The fraction of sp³-hybridized carbons (Fsp3) is 0.235. The Morgan fingerprint density at radius 2 is 1.62 bits per heavy atom. The van der Waals surface area contributed by atoms with Gasteiger partial charge in [-0.2, -0.15) is 5.10 Å². The summed E-state index contributed by atoms with van der Waals surface area (Å²) in [7, 11) is 4.39. The minimum Gasteiger partial charge on any atom is -0.493 e. The molecular formula is C17H18N2O6S. The summed E-state index contributed by atoms with van der Waals surface area (Å²) in [6.07, 6.45) is 0. The number of methoxy groups -OCH3 is 3. The number of rotatable bonds is 7. The summed E-state index contributed by atoms with van der Waals surface area (Å²) in [6.45, 7) is 1.67. The van der Waals surface area contributed by atoms with Crippen molar-refractivity contribution >= 4 is 28.9 Å². The van der Waals surface area contributed by atoms with E-state index in [1.165, 1.54) is 39.5 Å². The first-order valence-electron chi connectivity index (χ1n) is 7.39. The van der Waals surface area contributed by atoms with Crippen LogP contribution >= 0.6 is 11.3 Å². The smallest absolute Gasteiger partial charge is 0.345 e. The molecule has 0 fully saturated rings. The van der Waals surface area contributed by atoms with Crippen molar-refractivity contribution in [2.24, 2.45) is 5.10 Å². The zero-order valence-corrected chi connectivity index (χ0v) is 15.5. The number of hydrazone groups is 1. The second kappa shape index (κ2) is 8.34. The fourth-order valence-electron chi connectivity index (χ4n) is 2.11. The molecule has 8 nitrogen and oxygen atoms in total. The average molecular weight is 378 g/mol. The lowest BCUT2D eigenvalue weighted by Crippen LogP contribution is -2.19. The molecular weight excluding hydrogens is 360 g/mol. The van der Waals surface area contributed by atoms with E-state index in [2.05, 4.69) is 10.5 Å². The molecule has 138 valence electrons. The van der Waals surface area contributed by atoms with Gasteiger partial charge in [0.15, 0.2) is 11.5 Å². The summed E-state index contributed by atoms with van der Waals surface area (Å²) < 4.78 is 15.6. The van der Waals surface area contributed by atoms with Gasteiger partial charge < -0.3 is 19.3 Å². The molecule has 0 radical (unpaired) electrons. The Hall–Kier alpha value is -3.07. The van der Waals surface area contributed by atoms with Crippen LogP contribution in [-0.4, -0.2) is 44.0 Å². The number of nitrogens with zero attached hydrogens (tertiary/aromatic N) is 1. The van der Waals surface area contributed by atoms with E-state index < -0.39 is 11.9 Å². The van der Waals surface area contributed by atoms with Crippen LogP contribution in [0.25, 0.3) is 0 Å². The highest BCUT2D eigenvalue weighted by atomic mass is 32.1. The molecule has 0 atom stereocenters. The number of thiophene rings is 1. The SMILES string of the molecule is COc1cc(C(=O)N/N=C(/C)c2ccc(C(=O)O)s2)cc(OC)c1OC. The second-order valence-electron chi connectivity index (χ2n) is 5.02. The van der Waals surface area contributed by atoms with Crippen molar-refractivity contribution in [3.63, 3.8) is 0 Å². The van der Waals surface area contributed by atoms with Gasteiger partial charge in [-0.15, -0.1) is 11.3 Å². The Kier molecular flexibility index (Phi) is 6.18. The van der Waals surface area contributed by atoms with Gasteiger partial charge in [0.05, 0.1) is 31.9 Å². The first-order chi connectivity index (χ1) is 12.4. The normalized spacial score (nSPS) is 11.0. The molecule has 0 spiro atoms. The van der Waals surface area contributed by atoms with Gasteiger partial charge in [0.2, 0.25) is 5.75 Å². The third kappa shape index (κ3) is 4.12. The van der Waals surface area contributed by atoms with Crippen LogP contribution in [0.5, 0.6) is 17.2 Å². The molecule has 0 saturated carbocycles. The van der Waals surface area contributed by atoms with Crippen LogP contribution in [0.4, 0.5) is 0 Å². The topological polar surface area (TPSA) is 106 Å². The number of carboxylic acids is 1. The average Bonchev–Trinajstić information content (AvgIpc) is 3.15. The number of benzene rings is 1. The van der Waals surface area contributed by atoms with Crippen LogP contribution in [-0.2, 0) is 0 Å². The van der Waals surface area contributed by atoms with Gasteiger partial charge in [-0.1, -0.05) is 0 Å². The third-order valence-electron chi connectivity index (χ3n) is 3.43. The summed E-state index contributed by atoms with van der Waals surface area (Å²) in [6, 6.07) is 6.14. The van der Waals surface area contributed by atoms with E-state index in [0.29, 0.717) is 27.8 Å². The molecule has 0 bridgehead atoms. The Morgan fingerprint density at radius 3 is 2.08 bits per heavy atom. The largest absolute Gasteiger partial charge is 0.493 e. The monoisotopic (exact) mass is 378 g/mol. The van der Waals surface area contributed by atoms with Crippen LogP contribution in [0.3, 0.4) is 0 Å². The Labute approximate surface area is 154 Å². The van der Waals surface area contributed by atoms with Crippen LogP contribution in [0.2, 0.25) is 0 Å². The number of hydrogen-bond donors (Lipinski definition) is 2. The van der Waals surface area contributed by atoms with Crippen molar-refractivity contribution in [1.82, 2.24) is 5.43 Å². The number of carboxylic acid groups (broad SMARTS) is 1. The molecule has 1 aromatic carbocycles. The molecule has 1 amide bonds. The molecule has 0 unspecified atom stereocenters. The molecule has 0 aliphatic rings. The van der Waals surface area contributed by atoms with Crippen LogP contribution in [0.1, 0.15) is 31.8 Å². The minimum atomic E-state index is -1.00. The van der Waals surface area contributed by atoms with E-state index in [9.17, 15) is 9.59 Å². The van der Waals surface area contributed by atoms with E-state index >= 15 is 0 Å². The number of aromatic carboxylic acids is 1. The zero-order valence-electron chi connectivity index (χ0n) is 14.7. The summed E-state index contributed by atoms with van der Waals surface area (Å²) in [5.74, 6) is -0.399. The fourth-order valence-corrected chi connectivity index (χ4v) is 2.90. The maximum atomic E-state index is 12.4. The van der Waals surface area contributed by atoms with Gasteiger partial charge in [-0.3, -0.25) is 4.79 Å². The lowest BCUT2D eigenvalue weighted by molar-refractivity contribution is 0.0702.